The first kappa shape index (κ1) is 16.2. The third-order valence-corrected chi connectivity index (χ3v) is 3.50. The Morgan fingerprint density at radius 3 is 2.55 bits per heavy atom. The first-order valence-electron chi connectivity index (χ1n) is 6.78. The van der Waals surface area contributed by atoms with Crippen molar-refractivity contribution < 1.29 is 19.1 Å². The van der Waals surface area contributed by atoms with Crippen LogP contribution in [0, 0.1) is 0 Å². The number of halogens is 1. The molecule has 1 aliphatic rings. The smallest absolute Gasteiger partial charge is 0.338 e. The molecule has 6 nitrogen and oxygen atoms in total. The monoisotopic (exact) mass is 324 g/mol. The minimum absolute atomic E-state index is 0.00816. The zero-order chi connectivity index (χ0) is 16.1. The number of nitrogens with one attached hydrogen (secondary N) is 2. The summed E-state index contributed by atoms with van der Waals surface area (Å²) < 4.78 is 10.2. The highest BCUT2D eigenvalue weighted by atomic mass is 35.5. The molecule has 0 radical (unpaired) electrons. The number of hydrogen-bond acceptors (Lipinski definition) is 4. The van der Waals surface area contributed by atoms with Gasteiger partial charge in [0.05, 0.1) is 31.2 Å². The molecule has 1 aliphatic heterocycles. The molecule has 22 heavy (non-hydrogen) atoms. The Bertz CT molecular complexity index is 598. The number of benzene rings is 1. The number of carbonyl (C=O) groups is 2. The summed E-state index contributed by atoms with van der Waals surface area (Å²) in [5, 5.41) is 5.27. The summed E-state index contributed by atoms with van der Waals surface area (Å²) in [7, 11) is 1.57. The fourth-order valence-electron chi connectivity index (χ4n) is 2.22. The molecule has 0 aromatic heterocycles. The maximum Gasteiger partial charge on any atom is 0.338 e. The van der Waals surface area contributed by atoms with Crippen molar-refractivity contribution in [2.45, 2.75) is 13.0 Å². The van der Waals surface area contributed by atoms with Gasteiger partial charge in [0.1, 0.15) is 5.75 Å². The first-order chi connectivity index (χ1) is 10.6. The van der Waals surface area contributed by atoms with E-state index in [-0.39, 0.29) is 12.5 Å². The predicted octanol–water partition coefficient (Wildman–Crippen LogP) is 2.11. The largest absolute Gasteiger partial charge is 0.497 e. The van der Waals surface area contributed by atoms with Crippen LogP contribution in [0.3, 0.4) is 0 Å². The van der Waals surface area contributed by atoms with E-state index in [1.54, 1.807) is 38.3 Å². The van der Waals surface area contributed by atoms with Crippen molar-refractivity contribution in [3.05, 3.63) is 41.1 Å². The molecule has 2 rings (SSSR count). The van der Waals surface area contributed by atoms with E-state index in [0.29, 0.717) is 17.0 Å². The van der Waals surface area contributed by atoms with Crippen molar-refractivity contribution in [3.63, 3.8) is 0 Å². The molecule has 0 saturated carbocycles. The van der Waals surface area contributed by atoms with Crippen LogP contribution < -0.4 is 15.4 Å². The summed E-state index contributed by atoms with van der Waals surface area (Å²) >= 11 is 5.86. The molecular formula is C15H17ClN2O4. The molecule has 0 fully saturated rings. The molecule has 1 aromatic carbocycles. The number of hydrogen-bond donors (Lipinski definition) is 2. The number of esters is 1. The Hall–Kier alpha value is -2.21. The van der Waals surface area contributed by atoms with Gasteiger partial charge in [0, 0.05) is 5.70 Å². The second-order valence-electron chi connectivity index (χ2n) is 4.55. The number of ether oxygens (including phenoxy) is 2. The van der Waals surface area contributed by atoms with Crippen molar-refractivity contribution in [3.8, 4) is 5.75 Å². The third kappa shape index (κ3) is 3.33. The maximum atomic E-state index is 12.2. The average molecular weight is 325 g/mol. The lowest BCUT2D eigenvalue weighted by molar-refractivity contribution is -0.139. The van der Waals surface area contributed by atoms with Crippen LogP contribution in [0.2, 0.25) is 0 Å². The summed E-state index contributed by atoms with van der Waals surface area (Å²) in [6.07, 6.45) is 0. The van der Waals surface area contributed by atoms with E-state index in [1.165, 1.54) is 0 Å². The van der Waals surface area contributed by atoms with Crippen molar-refractivity contribution >= 4 is 23.6 Å². The van der Waals surface area contributed by atoms with Gasteiger partial charge in [0.25, 0.3) is 0 Å². The van der Waals surface area contributed by atoms with E-state index < -0.39 is 18.0 Å². The third-order valence-electron chi connectivity index (χ3n) is 3.23. The molecule has 0 bridgehead atoms. The summed E-state index contributed by atoms with van der Waals surface area (Å²) in [6.45, 7) is 1.96. The van der Waals surface area contributed by atoms with Crippen LogP contribution in [0.1, 0.15) is 18.5 Å². The van der Waals surface area contributed by atoms with Gasteiger partial charge in [-0.15, -0.1) is 11.6 Å². The lowest BCUT2D eigenvalue weighted by Gasteiger charge is -2.28. The number of methoxy groups -OCH3 is 1. The number of amides is 2. The summed E-state index contributed by atoms with van der Waals surface area (Å²) in [5.74, 6) is 0.184. The second-order valence-corrected chi connectivity index (χ2v) is 4.82. The molecular weight excluding hydrogens is 308 g/mol. The van der Waals surface area contributed by atoms with E-state index in [4.69, 9.17) is 21.1 Å². The molecule has 0 spiro atoms. The van der Waals surface area contributed by atoms with Gasteiger partial charge in [-0.05, 0) is 24.6 Å². The van der Waals surface area contributed by atoms with Crippen molar-refractivity contribution in [2.75, 3.05) is 19.6 Å². The molecule has 1 atom stereocenters. The zero-order valence-electron chi connectivity index (χ0n) is 12.3. The van der Waals surface area contributed by atoms with Gasteiger partial charge in [-0.1, -0.05) is 12.1 Å². The van der Waals surface area contributed by atoms with Gasteiger partial charge in [0.2, 0.25) is 0 Å². The van der Waals surface area contributed by atoms with Gasteiger partial charge in [0.15, 0.2) is 0 Å². The van der Waals surface area contributed by atoms with Crippen LogP contribution in [0.25, 0.3) is 0 Å². The molecule has 2 N–H and O–H groups in total. The van der Waals surface area contributed by atoms with E-state index in [0.717, 1.165) is 5.56 Å². The van der Waals surface area contributed by atoms with Crippen molar-refractivity contribution in [1.29, 1.82) is 0 Å². The average Bonchev–Trinajstić information content (AvgIpc) is 2.54. The normalized spacial score (nSPS) is 17.6. The molecule has 0 saturated heterocycles. The van der Waals surface area contributed by atoms with Crippen molar-refractivity contribution in [1.82, 2.24) is 10.6 Å². The Balaban J connectivity index is 2.44. The maximum absolute atomic E-state index is 12.2. The lowest BCUT2D eigenvalue weighted by Crippen LogP contribution is -2.46. The Kier molecular flexibility index (Phi) is 5.27. The highest BCUT2D eigenvalue weighted by Crippen LogP contribution is 2.29. The van der Waals surface area contributed by atoms with Gasteiger partial charge in [-0.3, -0.25) is 0 Å². The quantitative estimate of drug-likeness (QED) is 0.642. The number of urea groups is 1. The number of carbonyl (C=O) groups excluding carboxylic acids is 2. The Morgan fingerprint density at radius 1 is 1.32 bits per heavy atom. The fraction of sp³-hybridized carbons (Fsp3) is 0.333. The molecule has 0 unspecified atom stereocenters. The molecule has 2 amide bonds. The molecule has 0 aliphatic carbocycles. The molecule has 7 heteroatoms. The highest BCUT2D eigenvalue weighted by molar-refractivity contribution is 6.20. The first-order valence-corrected chi connectivity index (χ1v) is 7.31. The fourth-order valence-corrected chi connectivity index (χ4v) is 2.43. The lowest BCUT2D eigenvalue weighted by atomic mass is 9.95. The van der Waals surface area contributed by atoms with Crippen molar-refractivity contribution in [2.24, 2.45) is 0 Å². The number of rotatable bonds is 5. The van der Waals surface area contributed by atoms with Crippen LogP contribution in [0.4, 0.5) is 4.79 Å². The van der Waals surface area contributed by atoms with E-state index >= 15 is 0 Å². The Labute approximate surface area is 133 Å². The Morgan fingerprint density at radius 2 is 2.00 bits per heavy atom. The zero-order valence-corrected chi connectivity index (χ0v) is 13.1. The summed E-state index contributed by atoms with van der Waals surface area (Å²) in [6, 6.07) is 6.04. The van der Waals surface area contributed by atoms with Gasteiger partial charge in [-0.25, -0.2) is 9.59 Å². The molecule has 1 aromatic rings. The highest BCUT2D eigenvalue weighted by Gasteiger charge is 2.33. The van der Waals surface area contributed by atoms with Gasteiger partial charge >= 0.3 is 12.0 Å². The molecule has 118 valence electrons. The van der Waals surface area contributed by atoms with Crippen LogP contribution in [-0.4, -0.2) is 31.6 Å². The van der Waals surface area contributed by atoms with Crippen LogP contribution in [0.15, 0.2) is 35.5 Å². The minimum Gasteiger partial charge on any atom is -0.497 e. The van der Waals surface area contributed by atoms with Crippen LogP contribution in [-0.2, 0) is 9.53 Å². The topological polar surface area (TPSA) is 76.7 Å². The summed E-state index contributed by atoms with van der Waals surface area (Å²) in [4.78, 5) is 24.0. The van der Waals surface area contributed by atoms with E-state index in [9.17, 15) is 9.59 Å². The van der Waals surface area contributed by atoms with Gasteiger partial charge < -0.3 is 20.1 Å². The SMILES string of the molecule is CCOC(=O)C1=C(CCl)NC(=O)N[C@@H]1c1ccc(OC)cc1. The van der Waals surface area contributed by atoms with E-state index in [2.05, 4.69) is 10.6 Å². The van der Waals surface area contributed by atoms with Crippen LogP contribution in [0.5, 0.6) is 5.75 Å². The number of allylic oxidation sites excluding steroid dienone is 1. The predicted molar refractivity (Wildman–Crippen MR) is 81.8 cm³/mol. The molecule has 1 heterocycles. The minimum atomic E-state index is -0.618. The standard InChI is InChI=1S/C15H17ClN2O4/c1-3-22-14(19)12-11(8-16)17-15(20)18-13(12)9-4-6-10(21-2)7-5-9/h4-7,13H,3,8H2,1-2H3,(H2,17,18,20)/t13-/m1/s1. The van der Waals surface area contributed by atoms with E-state index in [1.807, 2.05) is 0 Å². The van der Waals surface area contributed by atoms with Gasteiger partial charge in [-0.2, -0.15) is 0 Å². The number of alkyl halides is 1. The van der Waals surface area contributed by atoms with Crippen LogP contribution >= 0.6 is 11.6 Å². The second kappa shape index (κ2) is 7.17. The summed E-state index contributed by atoms with van der Waals surface area (Å²) in [5.41, 5.74) is 1.40.